The highest BCUT2D eigenvalue weighted by molar-refractivity contribution is 7.91. The minimum Gasteiger partial charge on any atom is -0.223 e. The highest BCUT2D eigenvalue weighted by Crippen LogP contribution is 2.37. The first kappa shape index (κ1) is 12.4. The predicted octanol–water partition coefficient (Wildman–Crippen LogP) is 3.30. The molecule has 0 amide bonds. The third kappa shape index (κ3) is 2.60. The summed E-state index contributed by atoms with van der Waals surface area (Å²) in [6, 6.07) is 7.42. The molecular formula is C14H18O2S. The van der Waals surface area contributed by atoms with Crippen molar-refractivity contribution in [1.82, 2.24) is 0 Å². The monoisotopic (exact) mass is 250 g/mol. The average Bonchev–Trinajstić information content (AvgIpc) is 2.82. The van der Waals surface area contributed by atoms with Crippen LogP contribution in [0, 0.1) is 0 Å². The molecule has 2 rings (SSSR count). The fourth-order valence-corrected chi connectivity index (χ4v) is 3.95. The zero-order valence-corrected chi connectivity index (χ0v) is 10.7. The Balaban J connectivity index is 2.43. The van der Waals surface area contributed by atoms with Crippen molar-refractivity contribution in [2.45, 2.75) is 36.5 Å². The van der Waals surface area contributed by atoms with Crippen LogP contribution in [0.25, 0.3) is 0 Å². The van der Waals surface area contributed by atoms with E-state index in [1.165, 1.54) is 18.9 Å². The molecule has 1 aromatic rings. The van der Waals surface area contributed by atoms with Crippen molar-refractivity contribution in [2.75, 3.05) is 5.75 Å². The molecule has 1 saturated carbocycles. The molecule has 0 radical (unpaired) electrons. The number of rotatable bonds is 4. The second-order valence-corrected chi connectivity index (χ2v) is 6.59. The molecule has 0 unspecified atom stereocenters. The topological polar surface area (TPSA) is 34.1 Å². The SMILES string of the molecule is C=CCS(=O)(=O)c1ccccc1C1CCCC1. The Bertz CT molecular complexity index is 497. The largest absolute Gasteiger partial charge is 0.223 e. The summed E-state index contributed by atoms with van der Waals surface area (Å²) < 4.78 is 24.3. The number of hydrogen-bond acceptors (Lipinski definition) is 2. The van der Waals surface area contributed by atoms with Gasteiger partial charge in [-0.25, -0.2) is 8.42 Å². The molecule has 3 heteroatoms. The molecule has 0 heterocycles. The first-order chi connectivity index (χ1) is 8.15. The Labute approximate surface area is 103 Å². The van der Waals surface area contributed by atoms with Gasteiger partial charge in [0.2, 0.25) is 0 Å². The molecule has 92 valence electrons. The molecule has 1 aromatic carbocycles. The molecule has 0 atom stereocenters. The molecule has 0 aromatic heterocycles. The molecule has 0 saturated heterocycles. The van der Waals surface area contributed by atoms with E-state index in [9.17, 15) is 8.42 Å². The van der Waals surface area contributed by atoms with Crippen LogP contribution >= 0.6 is 0 Å². The van der Waals surface area contributed by atoms with Crippen molar-refractivity contribution < 1.29 is 8.42 Å². The summed E-state index contributed by atoms with van der Waals surface area (Å²) in [4.78, 5) is 0.506. The zero-order chi connectivity index (χ0) is 12.3. The molecule has 0 bridgehead atoms. The normalized spacial score (nSPS) is 17.2. The first-order valence-corrected chi connectivity index (χ1v) is 7.73. The van der Waals surface area contributed by atoms with Crippen LogP contribution < -0.4 is 0 Å². The molecule has 1 aliphatic carbocycles. The van der Waals surface area contributed by atoms with Crippen molar-refractivity contribution in [3.63, 3.8) is 0 Å². The van der Waals surface area contributed by atoms with E-state index in [1.807, 2.05) is 12.1 Å². The Morgan fingerprint density at radius 2 is 1.88 bits per heavy atom. The van der Waals surface area contributed by atoms with E-state index in [1.54, 1.807) is 12.1 Å². The summed E-state index contributed by atoms with van der Waals surface area (Å²) in [7, 11) is -3.20. The lowest BCUT2D eigenvalue weighted by molar-refractivity contribution is 0.594. The van der Waals surface area contributed by atoms with Crippen LogP contribution in [0.4, 0.5) is 0 Å². The minimum absolute atomic E-state index is 0.0245. The van der Waals surface area contributed by atoms with Gasteiger partial charge in [0, 0.05) is 0 Å². The third-order valence-corrected chi connectivity index (χ3v) is 5.10. The molecule has 0 spiro atoms. The van der Waals surface area contributed by atoms with Crippen molar-refractivity contribution in [3.05, 3.63) is 42.5 Å². The van der Waals surface area contributed by atoms with Crippen LogP contribution in [-0.4, -0.2) is 14.2 Å². The minimum atomic E-state index is -3.20. The van der Waals surface area contributed by atoms with Gasteiger partial charge >= 0.3 is 0 Å². The number of benzene rings is 1. The Kier molecular flexibility index (Phi) is 3.67. The maximum absolute atomic E-state index is 12.1. The standard InChI is InChI=1S/C14H18O2S/c1-2-11-17(15,16)14-10-6-5-9-13(14)12-7-3-4-8-12/h2,5-6,9-10,12H,1,3-4,7-8,11H2. The molecule has 1 fully saturated rings. The maximum Gasteiger partial charge on any atom is 0.182 e. The van der Waals surface area contributed by atoms with Gasteiger partial charge in [-0.1, -0.05) is 37.1 Å². The summed E-state index contributed by atoms with van der Waals surface area (Å²) in [6.45, 7) is 3.52. The van der Waals surface area contributed by atoms with E-state index >= 15 is 0 Å². The fourth-order valence-electron chi connectivity index (χ4n) is 2.58. The van der Waals surface area contributed by atoms with E-state index in [2.05, 4.69) is 6.58 Å². The van der Waals surface area contributed by atoms with Gasteiger partial charge in [-0.15, -0.1) is 6.58 Å². The van der Waals surface area contributed by atoms with Crippen LogP contribution in [0.15, 0.2) is 41.8 Å². The van der Waals surface area contributed by atoms with Gasteiger partial charge in [-0.2, -0.15) is 0 Å². The second-order valence-electron chi connectivity index (χ2n) is 4.59. The summed E-state index contributed by atoms with van der Waals surface area (Å²) in [5.41, 5.74) is 1.01. The molecule has 17 heavy (non-hydrogen) atoms. The summed E-state index contributed by atoms with van der Waals surface area (Å²) >= 11 is 0. The highest BCUT2D eigenvalue weighted by atomic mass is 32.2. The molecular weight excluding hydrogens is 232 g/mol. The van der Waals surface area contributed by atoms with Crippen molar-refractivity contribution in [1.29, 1.82) is 0 Å². The van der Waals surface area contributed by atoms with Gasteiger partial charge in [0.15, 0.2) is 9.84 Å². The van der Waals surface area contributed by atoms with Crippen molar-refractivity contribution in [2.24, 2.45) is 0 Å². The van der Waals surface area contributed by atoms with Crippen LogP contribution in [0.5, 0.6) is 0 Å². The Morgan fingerprint density at radius 3 is 2.53 bits per heavy atom. The van der Waals surface area contributed by atoms with Gasteiger partial charge in [0.1, 0.15) is 0 Å². The van der Waals surface area contributed by atoms with E-state index in [-0.39, 0.29) is 5.75 Å². The quantitative estimate of drug-likeness (QED) is 0.768. The third-order valence-electron chi connectivity index (χ3n) is 3.39. The zero-order valence-electron chi connectivity index (χ0n) is 9.93. The van der Waals surface area contributed by atoms with Crippen molar-refractivity contribution in [3.8, 4) is 0 Å². The van der Waals surface area contributed by atoms with Gasteiger partial charge in [-0.3, -0.25) is 0 Å². The molecule has 0 N–H and O–H groups in total. The van der Waals surface area contributed by atoms with E-state index in [4.69, 9.17) is 0 Å². The van der Waals surface area contributed by atoms with Crippen LogP contribution in [0.2, 0.25) is 0 Å². The van der Waals surface area contributed by atoms with Gasteiger partial charge in [0.25, 0.3) is 0 Å². The lowest BCUT2D eigenvalue weighted by Gasteiger charge is -2.14. The first-order valence-electron chi connectivity index (χ1n) is 6.08. The Hall–Kier alpha value is -1.09. The Morgan fingerprint density at radius 1 is 1.24 bits per heavy atom. The van der Waals surface area contributed by atoms with Crippen molar-refractivity contribution >= 4 is 9.84 Å². The lowest BCUT2D eigenvalue weighted by atomic mass is 9.98. The van der Waals surface area contributed by atoms with E-state index < -0.39 is 9.84 Å². The van der Waals surface area contributed by atoms with Gasteiger partial charge in [0.05, 0.1) is 10.6 Å². The van der Waals surface area contributed by atoms with Gasteiger partial charge < -0.3 is 0 Å². The van der Waals surface area contributed by atoms with E-state index in [0.29, 0.717) is 10.8 Å². The molecule has 0 aliphatic heterocycles. The van der Waals surface area contributed by atoms with Crippen LogP contribution in [0.3, 0.4) is 0 Å². The molecule has 2 nitrogen and oxygen atoms in total. The number of hydrogen-bond donors (Lipinski definition) is 0. The summed E-state index contributed by atoms with van der Waals surface area (Å²) in [5, 5.41) is 0. The maximum atomic E-state index is 12.1. The molecule has 1 aliphatic rings. The van der Waals surface area contributed by atoms with Crippen LogP contribution in [0.1, 0.15) is 37.2 Å². The highest BCUT2D eigenvalue weighted by Gasteiger charge is 2.24. The van der Waals surface area contributed by atoms with Crippen LogP contribution in [-0.2, 0) is 9.84 Å². The summed E-state index contributed by atoms with van der Waals surface area (Å²) in [6.07, 6.45) is 6.10. The summed E-state index contributed by atoms with van der Waals surface area (Å²) in [5.74, 6) is 0.447. The van der Waals surface area contributed by atoms with Gasteiger partial charge in [-0.05, 0) is 30.4 Å². The lowest BCUT2D eigenvalue weighted by Crippen LogP contribution is -2.09. The fraction of sp³-hybridized carbons (Fsp3) is 0.429. The second kappa shape index (κ2) is 5.05. The number of sulfone groups is 1. The smallest absolute Gasteiger partial charge is 0.182 e. The predicted molar refractivity (Wildman–Crippen MR) is 69.9 cm³/mol. The average molecular weight is 250 g/mol. The van der Waals surface area contributed by atoms with E-state index in [0.717, 1.165) is 18.4 Å².